The van der Waals surface area contributed by atoms with E-state index in [1.54, 1.807) is 20.8 Å². The molecule has 6 heteroatoms. The third kappa shape index (κ3) is 3.39. The predicted octanol–water partition coefficient (Wildman–Crippen LogP) is 0.363. The molecule has 0 saturated carbocycles. The summed E-state index contributed by atoms with van der Waals surface area (Å²) in [4.78, 5) is 21.8. The number of alkyl carbamates (subject to hydrolysis) is 1. The zero-order valence-electron chi connectivity index (χ0n) is 8.94. The summed E-state index contributed by atoms with van der Waals surface area (Å²) in [5.41, 5.74) is -0.590. The summed E-state index contributed by atoms with van der Waals surface area (Å²) in [5.74, 6) is -1.08. The summed E-state index contributed by atoms with van der Waals surface area (Å²) in [5, 5.41) is 11.1. The molecular weight excluding hydrogens is 202 g/mol. The van der Waals surface area contributed by atoms with Crippen LogP contribution in [0.15, 0.2) is 0 Å². The average Bonchev–Trinajstić information content (AvgIpc) is 1.93. The number of carbonyl (C=O) groups is 2. The first-order valence-electron chi connectivity index (χ1n) is 4.63. The first-order chi connectivity index (χ1) is 6.79. The standard InChI is InChI=1S/C9H15NO5/c1-9(2,3)15-8(13)10-5-4-14-6(5)7(11)12/h5-6H,4H2,1-3H3,(H,10,13)(H,11,12)/t5-,6+/m1/s1. The summed E-state index contributed by atoms with van der Waals surface area (Å²) >= 11 is 0. The summed E-state index contributed by atoms with van der Waals surface area (Å²) in [6, 6.07) is -0.502. The van der Waals surface area contributed by atoms with Crippen molar-refractivity contribution in [2.45, 2.75) is 38.5 Å². The van der Waals surface area contributed by atoms with Crippen molar-refractivity contribution in [2.75, 3.05) is 6.61 Å². The van der Waals surface area contributed by atoms with Crippen LogP contribution in [0.1, 0.15) is 20.8 Å². The summed E-state index contributed by atoms with van der Waals surface area (Å²) in [6.07, 6.45) is -1.58. The number of hydrogen-bond donors (Lipinski definition) is 2. The first-order valence-corrected chi connectivity index (χ1v) is 4.63. The second-order valence-electron chi connectivity index (χ2n) is 4.34. The fourth-order valence-corrected chi connectivity index (χ4v) is 1.11. The molecule has 1 aliphatic heterocycles. The lowest BCUT2D eigenvalue weighted by atomic mass is 10.1. The van der Waals surface area contributed by atoms with E-state index in [0.717, 1.165) is 0 Å². The van der Waals surface area contributed by atoms with E-state index in [2.05, 4.69) is 5.32 Å². The van der Waals surface area contributed by atoms with Gasteiger partial charge in [-0.05, 0) is 20.8 Å². The van der Waals surface area contributed by atoms with Gasteiger partial charge >= 0.3 is 12.1 Å². The molecule has 0 bridgehead atoms. The highest BCUT2D eigenvalue weighted by Crippen LogP contribution is 2.14. The van der Waals surface area contributed by atoms with E-state index >= 15 is 0 Å². The Kier molecular flexibility index (Phi) is 3.18. The Bertz CT molecular complexity index is 270. The Hall–Kier alpha value is -1.30. The van der Waals surface area contributed by atoms with E-state index in [1.165, 1.54) is 0 Å². The van der Waals surface area contributed by atoms with Gasteiger partial charge in [-0.2, -0.15) is 0 Å². The van der Waals surface area contributed by atoms with Crippen LogP contribution in [-0.2, 0) is 14.3 Å². The fraction of sp³-hybridized carbons (Fsp3) is 0.778. The lowest BCUT2D eigenvalue weighted by molar-refractivity contribution is -0.169. The molecule has 86 valence electrons. The minimum absolute atomic E-state index is 0.205. The van der Waals surface area contributed by atoms with Crippen LogP contribution in [0.2, 0.25) is 0 Å². The van der Waals surface area contributed by atoms with E-state index in [4.69, 9.17) is 14.6 Å². The van der Waals surface area contributed by atoms with Gasteiger partial charge in [-0.15, -0.1) is 0 Å². The van der Waals surface area contributed by atoms with E-state index in [0.29, 0.717) is 0 Å². The SMILES string of the molecule is CC(C)(C)OC(=O)N[C@@H]1CO[C@@H]1C(=O)O. The van der Waals surface area contributed by atoms with Crippen molar-refractivity contribution in [1.82, 2.24) is 5.32 Å². The molecular formula is C9H15NO5. The van der Waals surface area contributed by atoms with Gasteiger partial charge in [-0.1, -0.05) is 0 Å². The summed E-state index contributed by atoms with van der Waals surface area (Å²) in [7, 11) is 0. The molecule has 15 heavy (non-hydrogen) atoms. The number of carbonyl (C=O) groups excluding carboxylic acids is 1. The highest BCUT2D eigenvalue weighted by Gasteiger charge is 2.39. The number of nitrogens with one attached hydrogen (secondary N) is 1. The van der Waals surface area contributed by atoms with Gasteiger partial charge in [0, 0.05) is 0 Å². The van der Waals surface area contributed by atoms with E-state index in [9.17, 15) is 9.59 Å². The molecule has 0 spiro atoms. The Morgan fingerprint density at radius 1 is 1.47 bits per heavy atom. The van der Waals surface area contributed by atoms with Crippen molar-refractivity contribution in [1.29, 1.82) is 0 Å². The van der Waals surface area contributed by atoms with Crippen molar-refractivity contribution < 1.29 is 24.2 Å². The molecule has 1 amide bonds. The molecule has 1 rings (SSSR count). The van der Waals surface area contributed by atoms with Crippen LogP contribution >= 0.6 is 0 Å². The minimum atomic E-state index is -1.08. The molecule has 0 radical (unpaired) electrons. The lowest BCUT2D eigenvalue weighted by Crippen LogP contribution is -2.59. The Morgan fingerprint density at radius 3 is 2.40 bits per heavy atom. The number of aliphatic carboxylic acids is 1. The van der Waals surface area contributed by atoms with Crippen molar-refractivity contribution >= 4 is 12.1 Å². The Balaban J connectivity index is 2.36. The van der Waals surface area contributed by atoms with Gasteiger partial charge in [0.15, 0.2) is 6.10 Å². The number of carboxylic acid groups (broad SMARTS) is 1. The molecule has 0 aromatic heterocycles. The second kappa shape index (κ2) is 4.06. The quantitative estimate of drug-likeness (QED) is 0.697. The molecule has 1 saturated heterocycles. The van der Waals surface area contributed by atoms with Gasteiger partial charge in [-0.3, -0.25) is 0 Å². The topological polar surface area (TPSA) is 84.9 Å². The zero-order chi connectivity index (χ0) is 11.6. The third-order valence-corrected chi connectivity index (χ3v) is 1.77. The van der Waals surface area contributed by atoms with Crippen LogP contribution in [0.25, 0.3) is 0 Å². The van der Waals surface area contributed by atoms with Crippen LogP contribution in [0.4, 0.5) is 4.79 Å². The van der Waals surface area contributed by atoms with Crippen molar-refractivity contribution in [3.05, 3.63) is 0 Å². The number of amides is 1. The van der Waals surface area contributed by atoms with Crippen LogP contribution in [0.5, 0.6) is 0 Å². The molecule has 1 heterocycles. The van der Waals surface area contributed by atoms with Crippen molar-refractivity contribution in [2.24, 2.45) is 0 Å². The third-order valence-electron chi connectivity index (χ3n) is 1.77. The van der Waals surface area contributed by atoms with Gasteiger partial charge in [0.1, 0.15) is 5.60 Å². The van der Waals surface area contributed by atoms with Crippen LogP contribution in [-0.4, -0.2) is 41.5 Å². The van der Waals surface area contributed by atoms with Gasteiger partial charge in [-0.25, -0.2) is 9.59 Å². The average molecular weight is 217 g/mol. The monoisotopic (exact) mass is 217 g/mol. The van der Waals surface area contributed by atoms with Crippen molar-refractivity contribution in [3.63, 3.8) is 0 Å². The molecule has 1 fully saturated rings. The molecule has 6 nitrogen and oxygen atoms in total. The second-order valence-corrected chi connectivity index (χ2v) is 4.34. The number of ether oxygens (including phenoxy) is 2. The Morgan fingerprint density at radius 2 is 2.07 bits per heavy atom. The molecule has 1 aliphatic rings. The van der Waals surface area contributed by atoms with E-state index in [1.807, 2.05) is 0 Å². The number of rotatable bonds is 2. The van der Waals surface area contributed by atoms with Gasteiger partial charge in [0.05, 0.1) is 12.6 Å². The Labute approximate surface area is 87.5 Å². The maximum atomic E-state index is 11.2. The number of carboxylic acids is 1. The maximum absolute atomic E-state index is 11.2. The molecule has 0 unspecified atom stereocenters. The molecule has 0 aromatic rings. The molecule has 0 aliphatic carbocycles. The van der Waals surface area contributed by atoms with E-state index in [-0.39, 0.29) is 6.61 Å². The van der Waals surface area contributed by atoms with Gasteiger partial charge in [0.2, 0.25) is 0 Å². The maximum Gasteiger partial charge on any atom is 0.408 e. The smallest absolute Gasteiger partial charge is 0.408 e. The van der Waals surface area contributed by atoms with Crippen molar-refractivity contribution in [3.8, 4) is 0 Å². The molecule has 2 atom stereocenters. The van der Waals surface area contributed by atoms with E-state index < -0.39 is 29.8 Å². The van der Waals surface area contributed by atoms with Gasteiger partial charge in [0.25, 0.3) is 0 Å². The molecule has 0 aromatic carbocycles. The normalized spacial score (nSPS) is 25.3. The van der Waals surface area contributed by atoms with Gasteiger partial charge < -0.3 is 19.9 Å². The fourth-order valence-electron chi connectivity index (χ4n) is 1.11. The van der Waals surface area contributed by atoms with Crippen LogP contribution in [0.3, 0.4) is 0 Å². The summed E-state index contributed by atoms with van der Waals surface area (Å²) in [6.45, 7) is 5.41. The minimum Gasteiger partial charge on any atom is -0.479 e. The zero-order valence-corrected chi connectivity index (χ0v) is 8.94. The van der Waals surface area contributed by atoms with Crippen LogP contribution < -0.4 is 5.32 Å². The first kappa shape index (κ1) is 11.8. The number of hydrogen-bond acceptors (Lipinski definition) is 4. The molecule has 2 N–H and O–H groups in total. The predicted molar refractivity (Wildman–Crippen MR) is 50.5 cm³/mol. The highest BCUT2D eigenvalue weighted by atomic mass is 16.6. The lowest BCUT2D eigenvalue weighted by Gasteiger charge is -2.34. The summed E-state index contributed by atoms with van der Waals surface area (Å²) < 4.78 is 9.74. The highest BCUT2D eigenvalue weighted by molar-refractivity contribution is 5.76. The van der Waals surface area contributed by atoms with Crippen LogP contribution in [0, 0.1) is 0 Å². The largest absolute Gasteiger partial charge is 0.479 e.